The highest BCUT2D eigenvalue weighted by Gasteiger charge is 2.52. The molecular formula is C21H26O8. The Morgan fingerprint density at radius 2 is 2.03 bits per heavy atom. The Balaban J connectivity index is 2.12. The summed E-state index contributed by atoms with van der Waals surface area (Å²) in [5.74, 6) is -3.49. The zero-order valence-corrected chi connectivity index (χ0v) is 17.1. The zero-order chi connectivity index (χ0) is 21.6. The van der Waals surface area contributed by atoms with Gasteiger partial charge in [-0.15, -0.1) is 0 Å². The molecular weight excluding hydrogens is 380 g/mol. The van der Waals surface area contributed by atoms with Crippen molar-refractivity contribution >= 4 is 17.9 Å². The molecule has 3 aliphatic heterocycles. The summed E-state index contributed by atoms with van der Waals surface area (Å²) in [6.07, 6.45) is 1.81. The van der Waals surface area contributed by atoms with Crippen LogP contribution in [-0.2, 0) is 33.3 Å². The van der Waals surface area contributed by atoms with Gasteiger partial charge in [0.25, 0.3) is 0 Å². The molecule has 0 radical (unpaired) electrons. The molecule has 1 saturated heterocycles. The first-order chi connectivity index (χ1) is 13.4. The Labute approximate surface area is 169 Å². The standard InChI is InChI=1S/C21H26O8/c1-11(2)18(23)27-15-8-12(3)21(25)7-6-20(5,29-21)9-16-17(15)14(19(24)28-16)10-26-13(4)22/h9,12,15,25H,1,6-8,10H2,2-5H3/b16-9+. The Morgan fingerprint density at radius 3 is 2.66 bits per heavy atom. The van der Waals surface area contributed by atoms with Gasteiger partial charge in [0.2, 0.25) is 0 Å². The Morgan fingerprint density at radius 1 is 1.34 bits per heavy atom. The number of esters is 3. The van der Waals surface area contributed by atoms with Crippen molar-refractivity contribution in [1.29, 1.82) is 0 Å². The fraction of sp³-hybridized carbons (Fsp3) is 0.571. The van der Waals surface area contributed by atoms with Gasteiger partial charge in [-0.1, -0.05) is 13.5 Å². The van der Waals surface area contributed by atoms with Crippen molar-refractivity contribution in [2.45, 2.75) is 64.4 Å². The van der Waals surface area contributed by atoms with Gasteiger partial charge in [0.15, 0.2) is 5.79 Å². The topological polar surface area (TPSA) is 108 Å². The molecule has 3 aliphatic rings. The molecule has 0 amide bonds. The summed E-state index contributed by atoms with van der Waals surface area (Å²) >= 11 is 0. The summed E-state index contributed by atoms with van der Waals surface area (Å²) < 4.78 is 22.1. The van der Waals surface area contributed by atoms with E-state index in [1.165, 1.54) is 13.8 Å². The molecule has 0 aromatic rings. The lowest BCUT2D eigenvalue weighted by atomic mass is 9.86. The van der Waals surface area contributed by atoms with E-state index in [-0.39, 0.29) is 29.9 Å². The molecule has 8 nitrogen and oxygen atoms in total. The molecule has 2 bridgehead atoms. The smallest absolute Gasteiger partial charge is 0.343 e. The Hall–Kier alpha value is -2.45. The predicted octanol–water partition coefficient (Wildman–Crippen LogP) is 2.07. The monoisotopic (exact) mass is 406 g/mol. The van der Waals surface area contributed by atoms with E-state index in [1.54, 1.807) is 19.9 Å². The van der Waals surface area contributed by atoms with Crippen LogP contribution in [0.25, 0.3) is 0 Å². The normalized spacial score (nSPS) is 35.5. The summed E-state index contributed by atoms with van der Waals surface area (Å²) in [6, 6.07) is 0. The van der Waals surface area contributed by atoms with Gasteiger partial charge in [-0.25, -0.2) is 9.59 Å². The van der Waals surface area contributed by atoms with E-state index in [2.05, 4.69) is 6.58 Å². The Bertz CT molecular complexity index is 838. The fourth-order valence-corrected chi connectivity index (χ4v) is 3.86. The van der Waals surface area contributed by atoms with Crippen molar-refractivity contribution < 1.29 is 38.4 Å². The minimum absolute atomic E-state index is 0.103. The van der Waals surface area contributed by atoms with Crippen molar-refractivity contribution in [3.63, 3.8) is 0 Å². The van der Waals surface area contributed by atoms with Crippen molar-refractivity contribution in [3.05, 3.63) is 35.1 Å². The van der Waals surface area contributed by atoms with Gasteiger partial charge in [-0.05, 0) is 32.8 Å². The minimum atomic E-state index is -1.40. The number of carbonyl (C=O) groups excluding carboxylic acids is 3. The first kappa shape index (κ1) is 21.3. The van der Waals surface area contributed by atoms with Crippen LogP contribution in [0.1, 0.15) is 47.0 Å². The second-order valence-electron chi connectivity index (χ2n) is 8.14. The minimum Gasteiger partial charge on any atom is -0.461 e. The molecule has 3 rings (SSSR count). The highest BCUT2D eigenvalue weighted by Crippen LogP contribution is 2.47. The Kier molecular flexibility index (Phi) is 5.44. The largest absolute Gasteiger partial charge is 0.461 e. The van der Waals surface area contributed by atoms with Crippen LogP contribution in [-0.4, -0.2) is 47.1 Å². The second-order valence-corrected chi connectivity index (χ2v) is 8.14. The van der Waals surface area contributed by atoms with Gasteiger partial charge in [0.1, 0.15) is 18.5 Å². The van der Waals surface area contributed by atoms with Crippen molar-refractivity contribution in [3.8, 4) is 0 Å². The lowest BCUT2D eigenvalue weighted by Gasteiger charge is -2.33. The number of hydrogen-bond donors (Lipinski definition) is 1. The number of fused-ring (bicyclic) bond motifs is 3. The highest BCUT2D eigenvalue weighted by molar-refractivity contribution is 5.96. The maximum Gasteiger partial charge on any atom is 0.343 e. The van der Waals surface area contributed by atoms with Crippen molar-refractivity contribution in [1.82, 2.24) is 0 Å². The first-order valence-corrected chi connectivity index (χ1v) is 9.55. The van der Waals surface area contributed by atoms with E-state index in [9.17, 15) is 19.5 Å². The molecule has 8 heteroatoms. The van der Waals surface area contributed by atoms with Gasteiger partial charge < -0.3 is 24.1 Å². The van der Waals surface area contributed by atoms with E-state index < -0.39 is 41.3 Å². The SMILES string of the molecule is C=C(C)C(=O)OC1CC(C)C2(O)CCC(C)(/C=C3/OC(=O)C(COC(C)=O)=C31)O2. The van der Waals surface area contributed by atoms with E-state index in [0.717, 1.165) is 0 Å². The molecule has 0 aliphatic carbocycles. The van der Waals surface area contributed by atoms with Crippen LogP contribution in [0.3, 0.4) is 0 Å². The lowest BCUT2D eigenvalue weighted by Crippen LogP contribution is -2.40. The lowest BCUT2D eigenvalue weighted by molar-refractivity contribution is -0.238. The van der Waals surface area contributed by atoms with Crippen LogP contribution in [0, 0.1) is 5.92 Å². The molecule has 158 valence electrons. The summed E-state index contributed by atoms with van der Waals surface area (Å²) in [5, 5.41) is 11.0. The van der Waals surface area contributed by atoms with E-state index >= 15 is 0 Å². The summed E-state index contributed by atoms with van der Waals surface area (Å²) in [4.78, 5) is 36.1. The van der Waals surface area contributed by atoms with E-state index in [1.807, 2.05) is 0 Å². The molecule has 4 atom stereocenters. The van der Waals surface area contributed by atoms with Crippen molar-refractivity contribution in [2.24, 2.45) is 5.92 Å². The van der Waals surface area contributed by atoms with Gasteiger partial charge in [0, 0.05) is 30.4 Å². The number of ether oxygens (including phenoxy) is 4. The molecule has 29 heavy (non-hydrogen) atoms. The summed E-state index contributed by atoms with van der Waals surface area (Å²) in [7, 11) is 0. The van der Waals surface area contributed by atoms with Gasteiger partial charge in [-0.2, -0.15) is 0 Å². The number of carbonyl (C=O) groups is 3. The molecule has 0 spiro atoms. The summed E-state index contributed by atoms with van der Waals surface area (Å²) in [6.45, 7) is 9.62. The third-order valence-corrected chi connectivity index (χ3v) is 5.54. The molecule has 1 N–H and O–H groups in total. The quantitative estimate of drug-likeness (QED) is 0.429. The maximum absolute atomic E-state index is 12.5. The summed E-state index contributed by atoms with van der Waals surface area (Å²) in [5.41, 5.74) is -0.238. The van der Waals surface area contributed by atoms with E-state index in [0.29, 0.717) is 18.4 Å². The average molecular weight is 406 g/mol. The first-order valence-electron chi connectivity index (χ1n) is 9.55. The molecule has 0 aromatic carbocycles. The van der Waals surface area contributed by atoms with Crippen LogP contribution in [0.15, 0.2) is 35.1 Å². The van der Waals surface area contributed by atoms with Crippen LogP contribution in [0.4, 0.5) is 0 Å². The van der Waals surface area contributed by atoms with Crippen molar-refractivity contribution in [2.75, 3.05) is 6.61 Å². The number of rotatable bonds is 4. The van der Waals surface area contributed by atoms with Crippen LogP contribution in [0.2, 0.25) is 0 Å². The average Bonchev–Trinajstić information content (AvgIpc) is 3.09. The maximum atomic E-state index is 12.5. The van der Waals surface area contributed by atoms with Crippen LogP contribution in [0.5, 0.6) is 0 Å². The molecule has 0 saturated carbocycles. The van der Waals surface area contributed by atoms with Crippen LogP contribution < -0.4 is 0 Å². The second kappa shape index (κ2) is 7.42. The highest BCUT2D eigenvalue weighted by atomic mass is 16.6. The number of hydrogen-bond acceptors (Lipinski definition) is 8. The third-order valence-electron chi connectivity index (χ3n) is 5.54. The molecule has 4 unspecified atom stereocenters. The molecule has 0 aromatic heterocycles. The number of aliphatic hydroxyl groups is 1. The third kappa shape index (κ3) is 4.13. The predicted molar refractivity (Wildman–Crippen MR) is 100.0 cm³/mol. The fourth-order valence-electron chi connectivity index (χ4n) is 3.86. The van der Waals surface area contributed by atoms with Gasteiger partial charge in [0.05, 0.1) is 11.2 Å². The van der Waals surface area contributed by atoms with Gasteiger partial charge >= 0.3 is 17.9 Å². The molecule has 3 heterocycles. The van der Waals surface area contributed by atoms with Gasteiger partial charge in [-0.3, -0.25) is 4.79 Å². The van der Waals surface area contributed by atoms with Crippen LogP contribution >= 0.6 is 0 Å². The van der Waals surface area contributed by atoms with E-state index in [4.69, 9.17) is 18.9 Å². The molecule has 1 fully saturated rings. The zero-order valence-electron chi connectivity index (χ0n) is 17.1.